The first-order valence-corrected chi connectivity index (χ1v) is 9.69. The van der Waals surface area contributed by atoms with Crippen LogP contribution in [0.5, 0.6) is 0 Å². The molecule has 0 saturated heterocycles. The van der Waals surface area contributed by atoms with E-state index in [2.05, 4.69) is 0 Å². The van der Waals surface area contributed by atoms with E-state index < -0.39 is 17.9 Å². The van der Waals surface area contributed by atoms with Gasteiger partial charge < -0.3 is 29.7 Å². The maximum absolute atomic E-state index is 9.97. The van der Waals surface area contributed by atoms with Gasteiger partial charge in [0.1, 0.15) is 0 Å². The molecule has 0 heterocycles. The van der Waals surface area contributed by atoms with E-state index in [1.54, 1.807) is 0 Å². The number of hydrogen-bond acceptors (Lipinski definition) is 6. The van der Waals surface area contributed by atoms with Gasteiger partial charge in [0.05, 0.1) is 17.9 Å². The molecule has 8 heteroatoms. The van der Waals surface area contributed by atoms with Crippen molar-refractivity contribution in [1.82, 2.24) is 0 Å². The second-order valence-electron chi connectivity index (χ2n) is 6.19. The Labute approximate surface area is 275 Å². The third-order valence-corrected chi connectivity index (χ3v) is 3.63. The molecule has 3 rings (SSSR count). The fourth-order valence-electron chi connectivity index (χ4n) is 2.19. The quantitative estimate of drug-likeness (QED) is 0.351. The van der Waals surface area contributed by atoms with Crippen LogP contribution in [0.3, 0.4) is 0 Å². The van der Waals surface area contributed by atoms with Gasteiger partial charge in [-0.15, -0.1) is 0 Å². The molecule has 0 fully saturated rings. The van der Waals surface area contributed by atoms with Crippen molar-refractivity contribution in [2.75, 3.05) is 0 Å². The molecule has 0 aliphatic heterocycles. The molecule has 1 radical (unpaired) electrons. The van der Waals surface area contributed by atoms with E-state index in [0.29, 0.717) is 0 Å². The predicted octanol–water partition coefficient (Wildman–Crippen LogP) is 1.35. The molecule has 0 amide bonds. The summed E-state index contributed by atoms with van der Waals surface area (Å²) in [6.07, 6.45) is 7.51. The zero-order chi connectivity index (χ0) is 24.3. The van der Waals surface area contributed by atoms with Crippen LogP contribution in [-0.4, -0.2) is 17.9 Å². The summed E-state index contributed by atoms with van der Waals surface area (Å²) in [4.78, 5) is 29.9. The Hall–Kier alpha value is -1.84. The Kier molecular flexibility index (Phi) is 22.8. The molecule has 0 bridgehead atoms. The zero-order valence-corrected chi connectivity index (χ0v) is 23.3. The van der Waals surface area contributed by atoms with Crippen LogP contribution >= 0.6 is 0 Å². The van der Waals surface area contributed by atoms with Gasteiger partial charge in [0.2, 0.25) is 0 Å². The average Bonchev–Trinajstić information content (AvgIpc) is 2.83. The summed E-state index contributed by atoms with van der Waals surface area (Å²) >= 11 is 0. The van der Waals surface area contributed by atoms with Gasteiger partial charge in [-0.3, -0.25) is 0 Å². The van der Waals surface area contributed by atoms with Gasteiger partial charge in [0, 0.05) is 40.8 Å². The normalized spacial score (nSPS) is 9.60. The molecule has 0 atom stereocenters. The van der Waals surface area contributed by atoms with Crippen LogP contribution in [0, 0.1) is 87.8 Å². The first-order chi connectivity index (χ1) is 15.9. The van der Waals surface area contributed by atoms with Crippen molar-refractivity contribution in [3.63, 3.8) is 0 Å². The molecule has 0 unspecified atom stereocenters. The Morgan fingerprint density at radius 2 is 0.657 bits per heavy atom. The predicted molar refractivity (Wildman–Crippen MR) is 121 cm³/mol. The molecule has 6 nitrogen and oxygen atoms in total. The van der Waals surface area contributed by atoms with E-state index in [0.717, 1.165) is 34.9 Å². The third kappa shape index (κ3) is 21.2. The molecule has 0 saturated carbocycles. The molecule has 0 N–H and O–H groups in total. The van der Waals surface area contributed by atoms with Crippen LogP contribution in [0.1, 0.15) is 16.7 Å². The van der Waals surface area contributed by atoms with Gasteiger partial charge >= 0.3 is 46.9 Å². The summed E-state index contributed by atoms with van der Waals surface area (Å²) in [5, 5.41) is 29.9. The molecule has 0 spiro atoms. The van der Waals surface area contributed by atoms with Crippen molar-refractivity contribution < 1.29 is 117 Å². The van der Waals surface area contributed by atoms with Crippen molar-refractivity contribution in [3.8, 4) is 0 Å². The number of carboxylic acid groups (broad SMARTS) is 3. The second-order valence-corrected chi connectivity index (χ2v) is 6.19. The molecule has 183 valence electrons. The molecule has 0 aliphatic rings. The van der Waals surface area contributed by atoms with E-state index >= 15 is 0 Å². The summed E-state index contributed by atoms with van der Waals surface area (Å²) in [6.45, 7) is 0. The van der Waals surface area contributed by atoms with Gasteiger partial charge in [0.25, 0.3) is 0 Å². The molecule has 0 aliphatic carbocycles. The Bertz CT molecular complexity index is 941. The Balaban J connectivity index is 0. The minimum absolute atomic E-state index is 0. The zero-order valence-electron chi connectivity index (χ0n) is 18.3. The second kappa shape index (κ2) is 22.6. The van der Waals surface area contributed by atoms with Gasteiger partial charge in [-0.2, -0.15) is 0 Å². The number of hydrogen-bond donors (Lipinski definition) is 0. The number of carbonyl (C=O) groups excluding carboxylic acids is 3. The smallest absolute Gasteiger partial charge is 0.545 e. The fourth-order valence-corrected chi connectivity index (χ4v) is 2.19. The maximum atomic E-state index is 9.97. The summed E-state index contributed by atoms with van der Waals surface area (Å²) in [7, 11) is 0. The minimum Gasteiger partial charge on any atom is -0.545 e. The first kappa shape index (κ1) is 35.3. The van der Waals surface area contributed by atoms with Crippen molar-refractivity contribution in [2.45, 2.75) is 0 Å². The van der Waals surface area contributed by atoms with Crippen LogP contribution in [-0.2, 0) is 14.4 Å². The fraction of sp³-hybridized carbons (Fsp3) is 0. The van der Waals surface area contributed by atoms with Gasteiger partial charge in [-0.05, 0) is 34.9 Å². The maximum Gasteiger partial charge on any atom is 3.00 e. The van der Waals surface area contributed by atoms with E-state index in [1.807, 2.05) is 91.0 Å². The van der Waals surface area contributed by atoms with Gasteiger partial charge in [-0.25, -0.2) is 0 Å². The van der Waals surface area contributed by atoms with Gasteiger partial charge in [-0.1, -0.05) is 109 Å². The standard InChI is InChI=1S/3C9H8O2.Nd.Yb/c3*10-9(11)7-6-8-4-2-1-3-5-8;;/h3*1-7H,(H,10,11);;/q;;;;+3/p-3. The summed E-state index contributed by atoms with van der Waals surface area (Å²) < 4.78 is 0. The Morgan fingerprint density at radius 1 is 0.457 bits per heavy atom. The number of rotatable bonds is 6. The molecular formula is C27H21NdO6Yb. The van der Waals surface area contributed by atoms with Crippen LogP contribution < -0.4 is 15.3 Å². The van der Waals surface area contributed by atoms with Crippen molar-refractivity contribution in [2.24, 2.45) is 0 Å². The van der Waals surface area contributed by atoms with E-state index in [1.165, 1.54) is 18.2 Å². The molecule has 0 aromatic heterocycles. The summed E-state index contributed by atoms with van der Waals surface area (Å²) in [5.74, 6) is -3.52. The summed E-state index contributed by atoms with van der Waals surface area (Å²) in [5.41, 5.74) is 2.57. The third-order valence-electron chi connectivity index (χ3n) is 3.63. The van der Waals surface area contributed by atoms with Crippen LogP contribution in [0.4, 0.5) is 0 Å². The Morgan fingerprint density at radius 3 is 0.829 bits per heavy atom. The number of carboxylic acids is 3. The first-order valence-electron chi connectivity index (χ1n) is 9.69. The van der Waals surface area contributed by atoms with Crippen molar-refractivity contribution >= 4 is 36.1 Å². The summed E-state index contributed by atoms with van der Waals surface area (Å²) in [6, 6.07) is 27.6. The minimum atomic E-state index is -1.17. The largest absolute Gasteiger partial charge is 3.00 e. The molecule has 3 aromatic rings. The molecule has 3 aromatic carbocycles. The average molecular weight is 759 g/mol. The molecule has 35 heavy (non-hydrogen) atoms. The molecular weight excluding hydrogens is 738 g/mol. The van der Waals surface area contributed by atoms with E-state index in [9.17, 15) is 29.7 Å². The van der Waals surface area contributed by atoms with Crippen LogP contribution in [0.15, 0.2) is 109 Å². The van der Waals surface area contributed by atoms with Crippen LogP contribution in [0.25, 0.3) is 18.2 Å². The SMILES string of the molecule is O=C([O-])C=Cc1ccccc1.O=C([O-])C=Cc1ccccc1.O=C([O-])C=Cc1ccccc1.[Nd].[Yb+3]. The van der Waals surface area contributed by atoms with E-state index in [-0.39, 0.29) is 87.8 Å². The number of benzene rings is 3. The monoisotopic (exact) mass is 757 g/mol. The van der Waals surface area contributed by atoms with Crippen LogP contribution in [0.2, 0.25) is 0 Å². The number of aliphatic carboxylic acids is 3. The number of carbonyl (C=O) groups is 3. The van der Waals surface area contributed by atoms with Crippen molar-refractivity contribution in [3.05, 3.63) is 126 Å². The topological polar surface area (TPSA) is 120 Å². The van der Waals surface area contributed by atoms with E-state index in [4.69, 9.17) is 0 Å². The van der Waals surface area contributed by atoms with Gasteiger partial charge in [0.15, 0.2) is 0 Å². The van der Waals surface area contributed by atoms with Crippen molar-refractivity contribution in [1.29, 1.82) is 0 Å².